The summed E-state index contributed by atoms with van der Waals surface area (Å²) >= 11 is 12.2. The monoisotopic (exact) mass is 318 g/mol. The molecule has 0 heterocycles. The molecule has 1 rings (SSSR count). The first-order chi connectivity index (χ1) is 9.54. The van der Waals surface area contributed by atoms with Crippen LogP contribution in [0.15, 0.2) is 18.2 Å². The van der Waals surface area contributed by atoms with E-state index in [1.807, 2.05) is 11.9 Å². The van der Waals surface area contributed by atoms with E-state index in [4.69, 9.17) is 27.9 Å². The Hall–Kier alpha value is -0.810. The molecule has 6 heteroatoms. The number of carbonyl (C=O) groups is 1. The van der Waals surface area contributed by atoms with E-state index in [0.29, 0.717) is 36.3 Å². The summed E-state index contributed by atoms with van der Waals surface area (Å²) < 4.78 is 4.92. The molecule has 1 N–H and O–H groups in total. The van der Waals surface area contributed by atoms with Crippen LogP contribution in [0.2, 0.25) is 10.0 Å². The number of nitrogens with one attached hydrogen (secondary N) is 1. The molecular weight excluding hydrogens is 299 g/mol. The minimum absolute atomic E-state index is 0.0215. The summed E-state index contributed by atoms with van der Waals surface area (Å²) in [5, 5.41) is 4.07. The average Bonchev–Trinajstić information content (AvgIpc) is 2.39. The minimum Gasteiger partial charge on any atom is -0.385 e. The van der Waals surface area contributed by atoms with Crippen LogP contribution in [0.4, 0.5) is 0 Å². The average molecular weight is 319 g/mol. The van der Waals surface area contributed by atoms with Gasteiger partial charge in [0, 0.05) is 42.4 Å². The summed E-state index contributed by atoms with van der Waals surface area (Å²) in [6.45, 7) is 2.09. The van der Waals surface area contributed by atoms with Gasteiger partial charge in [-0.2, -0.15) is 0 Å². The summed E-state index contributed by atoms with van der Waals surface area (Å²) in [4.78, 5) is 13.6. The van der Waals surface area contributed by atoms with Crippen molar-refractivity contribution in [3.8, 4) is 0 Å². The highest BCUT2D eigenvalue weighted by Crippen LogP contribution is 2.25. The van der Waals surface area contributed by atoms with E-state index >= 15 is 0 Å². The van der Waals surface area contributed by atoms with E-state index in [1.165, 1.54) is 0 Å². The van der Waals surface area contributed by atoms with Crippen LogP contribution in [0.1, 0.15) is 12.0 Å². The maximum atomic E-state index is 11.7. The molecule has 1 aromatic rings. The molecule has 0 saturated carbocycles. The molecule has 0 aliphatic rings. The van der Waals surface area contributed by atoms with Crippen LogP contribution in [0.25, 0.3) is 0 Å². The number of halogens is 2. The van der Waals surface area contributed by atoms with Gasteiger partial charge in [-0.05, 0) is 25.6 Å². The Morgan fingerprint density at radius 1 is 1.35 bits per heavy atom. The fraction of sp³-hybridized carbons (Fsp3) is 0.500. The molecule has 112 valence electrons. The lowest BCUT2D eigenvalue weighted by Gasteiger charge is -2.18. The predicted molar refractivity (Wildman–Crippen MR) is 82.3 cm³/mol. The lowest BCUT2D eigenvalue weighted by molar-refractivity contribution is -0.122. The van der Waals surface area contributed by atoms with Crippen molar-refractivity contribution < 1.29 is 9.53 Å². The highest BCUT2D eigenvalue weighted by molar-refractivity contribution is 6.35. The lowest BCUT2D eigenvalue weighted by Crippen LogP contribution is -2.35. The zero-order chi connectivity index (χ0) is 15.0. The third kappa shape index (κ3) is 6.09. The number of likely N-dealkylation sites (N-methyl/N-ethyl adjacent to an activating group) is 1. The highest BCUT2D eigenvalue weighted by Gasteiger charge is 2.11. The third-order valence-corrected chi connectivity index (χ3v) is 3.46. The molecule has 0 bridgehead atoms. The van der Waals surface area contributed by atoms with Crippen LogP contribution < -0.4 is 5.32 Å². The second-order valence-electron chi connectivity index (χ2n) is 4.57. The van der Waals surface area contributed by atoms with Gasteiger partial charge in [0.05, 0.1) is 6.54 Å². The molecule has 0 saturated heterocycles. The SMILES string of the molecule is COCCCNC(=O)CN(C)Cc1c(Cl)cccc1Cl. The number of amides is 1. The van der Waals surface area contributed by atoms with E-state index in [2.05, 4.69) is 5.32 Å². The molecule has 0 aliphatic heterocycles. The van der Waals surface area contributed by atoms with E-state index in [1.54, 1.807) is 25.3 Å². The summed E-state index contributed by atoms with van der Waals surface area (Å²) in [6.07, 6.45) is 0.808. The van der Waals surface area contributed by atoms with Crippen LogP contribution in [0, 0.1) is 0 Å². The molecule has 0 unspecified atom stereocenters. The number of hydrogen-bond acceptors (Lipinski definition) is 3. The van der Waals surface area contributed by atoms with Gasteiger partial charge in [-0.1, -0.05) is 29.3 Å². The summed E-state index contributed by atoms with van der Waals surface area (Å²) in [6, 6.07) is 5.39. The number of benzene rings is 1. The quantitative estimate of drug-likeness (QED) is 0.749. The number of nitrogens with zero attached hydrogens (tertiary/aromatic N) is 1. The zero-order valence-corrected chi connectivity index (χ0v) is 13.3. The Balaban J connectivity index is 2.39. The molecule has 0 fully saturated rings. The Kier molecular flexibility index (Phi) is 7.92. The smallest absolute Gasteiger partial charge is 0.234 e. The molecule has 20 heavy (non-hydrogen) atoms. The molecular formula is C14H20Cl2N2O2. The molecule has 0 aromatic heterocycles. The van der Waals surface area contributed by atoms with Gasteiger partial charge in [-0.25, -0.2) is 0 Å². The lowest BCUT2D eigenvalue weighted by atomic mass is 10.2. The first-order valence-corrected chi connectivity index (χ1v) is 7.17. The maximum absolute atomic E-state index is 11.7. The van der Waals surface area contributed by atoms with Gasteiger partial charge in [0.1, 0.15) is 0 Å². The summed E-state index contributed by atoms with van der Waals surface area (Å²) in [7, 11) is 3.50. The van der Waals surface area contributed by atoms with Crippen molar-refractivity contribution in [1.82, 2.24) is 10.2 Å². The van der Waals surface area contributed by atoms with Gasteiger partial charge in [0.15, 0.2) is 0 Å². The van der Waals surface area contributed by atoms with Crippen molar-refractivity contribution in [2.24, 2.45) is 0 Å². The van der Waals surface area contributed by atoms with Crippen molar-refractivity contribution in [2.75, 3.05) is 33.9 Å². The minimum atomic E-state index is -0.0215. The molecule has 4 nitrogen and oxygen atoms in total. The number of methoxy groups -OCH3 is 1. The van der Waals surface area contributed by atoms with Crippen molar-refractivity contribution in [1.29, 1.82) is 0 Å². The van der Waals surface area contributed by atoms with Gasteiger partial charge in [-0.3, -0.25) is 9.69 Å². The topological polar surface area (TPSA) is 41.6 Å². The molecule has 0 radical (unpaired) electrons. The fourth-order valence-corrected chi connectivity index (χ4v) is 2.27. The standard InChI is InChI=1S/C14H20Cl2N2O2/c1-18(10-14(19)17-7-4-8-20-2)9-11-12(15)5-3-6-13(11)16/h3,5-6H,4,7-10H2,1-2H3,(H,17,19). The molecule has 1 aromatic carbocycles. The van der Waals surface area contributed by atoms with E-state index in [0.717, 1.165) is 12.0 Å². The number of rotatable bonds is 8. The van der Waals surface area contributed by atoms with Gasteiger partial charge in [0.2, 0.25) is 5.91 Å². The Labute approximate surface area is 130 Å². The normalized spacial score (nSPS) is 10.8. The van der Waals surface area contributed by atoms with Crippen molar-refractivity contribution in [3.63, 3.8) is 0 Å². The van der Waals surface area contributed by atoms with E-state index in [9.17, 15) is 4.79 Å². The maximum Gasteiger partial charge on any atom is 0.234 e. The molecule has 0 atom stereocenters. The second kappa shape index (κ2) is 9.19. The van der Waals surface area contributed by atoms with Crippen molar-refractivity contribution >= 4 is 29.1 Å². The summed E-state index contributed by atoms with van der Waals surface area (Å²) in [5.41, 5.74) is 0.838. The highest BCUT2D eigenvalue weighted by atomic mass is 35.5. The molecule has 0 spiro atoms. The van der Waals surface area contributed by atoms with Gasteiger partial charge in [-0.15, -0.1) is 0 Å². The van der Waals surface area contributed by atoms with Gasteiger partial charge >= 0.3 is 0 Å². The second-order valence-corrected chi connectivity index (χ2v) is 5.38. The number of carbonyl (C=O) groups excluding carboxylic acids is 1. The summed E-state index contributed by atoms with van der Waals surface area (Å²) in [5.74, 6) is -0.0215. The Morgan fingerprint density at radius 2 is 2.00 bits per heavy atom. The van der Waals surface area contributed by atoms with Crippen LogP contribution in [0.3, 0.4) is 0 Å². The predicted octanol–water partition coefficient (Wildman–Crippen LogP) is 2.58. The Morgan fingerprint density at radius 3 is 2.60 bits per heavy atom. The van der Waals surface area contributed by atoms with E-state index < -0.39 is 0 Å². The van der Waals surface area contributed by atoms with Crippen LogP contribution in [-0.4, -0.2) is 44.7 Å². The first kappa shape index (κ1) is 17.2. The third-order valence-electron chi connectivity index (χ3n) is 2.75. The molecule has 1 amide bonds. The van der Waals surface area contributed by atoms with E-state index in [-0.39, 0.29) is 5.91 Å². The van der Waals surface area contributed by atoms with Crippen LogP contribution in [-0.2, 0) is 16.1 Å². The largest absolute Gasteiger partial charge is 0.385 e. The van der Waals surface area contributed by atoms with Gasteiger partial charge < -0.3 is 10.1 Å². The zero-order valence-electron chi connectivity index (χ0n) is 11.8. The van der Waals surface area contributed by atoms with Gasteiger partial charge in [0.25, 0.3) is 0 Å². The number of ether oxygens (including phenoxy) is 1. The van der Waals surface area contributed by atoms with Crippen molar-refractivity contribution in [3.05, 3.63) is 33.8 Å². The first-order valence-electron chi connectivity index (χ1n) is 6.41. The van der Waals surface area contributed by atoms with Crippen molar-refractivity contribution in [2.45, 2.75) is 13.0 Å². The number of hydrogen-bond donors (Lipinski definition) is 1. The fourth-order valence-electron chi connectivity index (χ4n) is 1.75. The Bertz CT molecular complexity index is 421. The molecule has 0 aliphatic carbocycles. The van der Waals surface area contributed by atoms with Crippen LogP contribution >= 0.6 is 23.2 Å². The van der Waals surface area contributed by atoms with Crippen LogP contribution in [0.5, 0.6) is 0 Å².